The molecule has 2 aromatic carbocycles. The fraction of sp³-hybridized carbons (Fsp3) is 0.278. The van der Waals surface area contributed by atoms with E-state index in [2.05, 4.69) is 4.74 Å². The van der Waals surface area contributed by atoms with Gasteiger partial charge in [-0.15, -0.1) is 13.2 Å². The van der Waals surface area contributed by atoms with Crippen molar-refractivity contribution in [3.8, 4) is 16.9 Å². The Hall–Kier alpha value is -2.74. The molecular formula is C18H16F3NO4. The lowest BCUT2D eigenvalue weighted by Crippen LogP contribution is -2.17. The second-order valence-electron chi connectivity index (χ2n) is 5.91. The minimum atomic E-state index is -4.74. The first-order valence-corrected chi connectivity index (χ1v) is 7.90. The van der Waals surface area contributed by atoms with Crippen LogP contribution in [0, 0.1) is 0 Å². The zero-order valence-corrected chi connectivity index (χ0v) is 13.8. The van der Waals surface area contributed by atoms with E-state index in [4.69, 9.17) is 4.42 Å². The van der Waals surface area contributed by atoms with E-state index in [1.54, 1.807) is 25.1 Å². The Balaban J connectivity index is 1.93. The molecule has 0 bridgehead atoms. The first-order valence-electron chi connectivity index (χ1n) is 7.90. The van der Waals surface area contributed by atoms with Crippen LogP contribution in [0.4, 0.5) is 13.2 Å². The highest BCUT2D eigenvalue weighted by Gasteiger charge is 2.30. The fourth-order valence-corrected chi connectivity index (χ4v) is 2.62. The molecule has 5 nitrogen and oxygen atoms in total. The molecule has 3 aromatic rings. The average molecular weight is 367 g/mol. The molecule has 0 aliphatic carbocycles. The zero-order chi connectivity index (χ0) is 18.9. The van der Waals surface area contributed by atoms with Crippen LogP contribution < -0.4 is 10.5 Å². The van der Waals surface area contributed by atoms with Crippen LogP contribution in [0.5, 0.6) is 5.75 Å². The Morgan fingerprint density at radius 1 is 1.15 bits per heavy atom. The van der Waals surface area contributed by atoms with Gasteiger partial charge in [0.1, 0.15) is 5.75 Å². The van der Waals surface area contributed by atoms with Crippen LogP contribution >= 0.6 is 0 Å². The van der Waals surface area contributed by atoms with Gasteiger partial charge in [-0.3, -0.25) is 4.57 Å². The minimum absolute atomic E-state index is 0.297. The number of halogens is 3. The van der Waals surface area contributed by atoms with Crippen molar-refractivity contribution in [2.45, 2.75) is 32.4 Å². The summed E-state index contributed by atoms with van der Waals surface area (Å²) in [5.41, 5.74) is 2.34. The third-order valence-corrected chi connectivity index (χ3v) is 3.86. The van der Waals surface area contributed by atoms with E-state index in [1.165, 1.54) is 28.8 Å². The van der Waals surface area contributed by atoms with Crippen LogP contribution in [-0.2, 0) is 6.54 Å². The second-order valence-corrected chi connectivity index (χ2v) is 5.91. The predicted octanol–water partition coefficient (Wildman–Crippen LogP) is 3.93. The Labute approximate surface area is 146 Å². The van der Waals surface area contributed by atoms with Crippen LogP contribution in [0.3, 0.4) is 0 Å². The van der Waals surface area contributed by atoms with E-state index in [0.29, 0.717) is 35.2 Å². The first kappa shape index (κ1) is 18.1. The molecule has 1 heterocycles. The molecule has 0 saturated carbocycles. The summed E-state index contributed by atoms with van der Waals surface area (Å²) in [7, 11) is 0. The molecule has 1 atom stereocenters. The number of hydrogen-bond donors (Lipinski definition) is 1. The molecule has 26 heavy (non-hydrogen) atoms. The predicted molar refractivity (Wildman–Crippen MR) is 88.9 cm³/mol. The molecule has 0 aliphatic rings. The summed E-state index contributed by atoms with van der Waals surface area (Å²) in [5.74, 6) is -0.828. The number of aromatic nitrogens is 1. The molecule has 0 spiro atoms. The number of aliphatic hydroxyl groups excluding tert-OH is 1. The Kier molecular flexibility index (Phi) is 4.78. The van der Waals surface area contributed by atoms with E-state index in [0.717, 1.165) is 0 Å². The van der Waals surface area contributed by atoms with E-state index < -0.39 is 18.2 Å². The highest BCUT2D eigenvalue weighted by molar-refractivity contribution is 5.80. The SMILES string of the molecule is CC(O)CCn1c(=O)oc2ccc(-c3ccc(OC(F)(F)F)cc3)cc21. The van der Waals surface area contributed by atoms with Crippen molar-refractivity contribution in [2.75, 3.05) is 0 Å². The number of aliphatic hydroxyl groups is 1. The van der Waals surface area contributed by atoms with E-state index >= 15 is 0 Å². The molecule has 138 valence electrons. The van der Waals surface area contributed by atoms with Gasteiger partial charge in [-0.05, 0) is 48.7 Å². The van der Waals surface area contributed by atoms with Gasteiger partial charge in [0.05, 0.1) is 11.6 Å². The number of alkyl halides is 3. The van der Waals surface area contributed by atoms with Crippen LogP contribution in [0.2, 0.25) is 0 Å². The summed E-state index contributed by atoms with van der Waals surface area (Å²) >= 11 is 0. The normalized spacial score (nSPS) is 13.1. The molecule has 1 unspecified atom stereocenters. The van der Waals surface area contributed by atoms with Crippen molar-refractivity contribution in [2.24, 2.45) is 0 Å². The number of nitrogens with zero attached hydrogens (tertiary/aromatic N) is 1. The topological polar surface area (TPSA) is 64.6 Å². The maximum absolute atomic E-state index is 12.2. The first-order chi connectivity index (χ1) is 12.2. The van der Waals surface area contributed by atoms with Gasteiger partial charge in [0, 0.05) is 6.54 Å². The summed E-state index contributed by atoms with van der Waals surface area (Å²) in [6.07, 6.45) is -4.91. The Morgan fingerprint density at radius 2 is 1.81 bits per heavy atom. The molecule has 1 aromatic heterocycles. The number of hydrogen-bond acceptors (Lipinski definition) is 4. The van der Waals surface area contributed by atoms with Crippen LogP contribution in [0.1, 0.15) is 13.3 Å². The lowest BCUT2D eigenvalue weighted by molar-refractivity contribution is -0.274. The maximum atomic E-state index is 12.2. The summed E-state index contributed by atoms with van der Waals surface area (Å²) in [6.45, 7) is 1.93. The molecular weight excluding hydrogens is 351 g/mol. The van der Waals surface area contributed by atoms with Crippen LogP contribution in [-0.4, -0.2) is 22.1 Å². The lowest BCUT2D eigenvalue weighted by Gasteiger charge is -2.09. The Morgan fingerprint density at radius 3 is 2.42 bits per heavy atom. The van der Waals surface area contributed by atoms with E-state index in [9.17, 15) is 23.1 Å². The molecule has 0 saturated heterocycles. The third kappa shape index (κ3) is 4.08. The van der Waals surface area contributed by atoms with Gasteiger partial charge in [0.25, 0.3) is 0 Å². The molecule has 0 aliphatic heterocycles. The smallest absolute Gasteiger partial charge is 0.408 e. The molecule has 3 rings (SSSR count). The van der Waals surface area contributed by atoms with E-state index in [-0.39, 0.29) is 5.75 Å². The number of fused-ring (bicyclic) bond motifs is 1. The number of rotatable bonds is 5. The third-order valence-electron chi connectivity index (χ3n) is 3.86. The quantitative estimate of drug-likeness (QED) is 0.742. The van der Waals surface area contributed by atoms with Crippen molar-refractivity contribution in [1.82, 2.24) is 4.57 Å². The molecule has 0 radical (unpaired) electrons. The van der Waals surface area contributed by atoms with Gasteiger partial charge in [0.2, 0.25) is 0 Å². The Bertz CT molecular complexity index is 955. The number of aryl methyl sites for hydroxylation is 1. The highest BCUT2D eigenvalue weighted by Crippen LogP contribution is 2.28. The number of oxazole rings is 1. The van der Waals surface area contributed by atoms with Crippen molar-refractivity contribution in [3.63, 3.8) is 0 Å². The van der Waals surface area contributed by atoms with Crippen LogP contribution in [0.25, 0.3) is 22.2 Å². The highest BCUT2D eigenvalue weighted by atomic mass is 19.4. The van der Waals surface area contributed by atoms with Crippen LogP contribution in [0.15, 0.2) is 51.7 Å². The molecule has 1 N–H and O–H groups in total. The van der Waals surface area contributed by atoms with Gasteiger partial charge in [-0.2, -0.15) is 0 Å². The minimum Gasteiger partial charge on any atom is -0.408 e. The van der Waals surface area contributed by atoms with Gasteiger partial charge in [-0.1, -0.05) is 18.2 Å². The van der Waals surface area contributed by atoms with Crippen molar-refractivity contribution in [1.29, 1.82) is 0 Å². The number of ether oxygens (including phenoxy) is 1. The monoisotopic (exact) mass is 367 g/mol. The molecule has 0 amide bonds. The largest absolute Gasteiger partial charge is 0.573 e. The zero-order valence-electron chi connectivity index (χ0n) is 13.8. The fourth-order valence-electron chi connectivity index (χ4n) is 2.62. The van der Waals surface area contributed by atoms with Gasteiger partial charge in [0.15, 0.2) is 5.58 Å². The standard InChI is InChI=1S/C18H16F3NO4/c1-11(23)8-9-22-15-10-13(4-7-16(15)25-17(22)24)12-2-5-14(6-3-12)26-18(19,20)21/h2-7,10-11,23H,8-9H2,1H3. The number of benzene rings is 2. The summed E-state index contributed by atoms with van der Waals surface area (Å²) in [4.78, 5) is 12.0. The average Bonchev–Trinajstić information content (AvgIpc) is 2.86. The van der Waals surface area contributed by atoms with Crippen molar-refractivity contribution in [3.05, 3.63) is 53.0 Å². The van der Waals surface area contributed by atoms with Gasteiger partial charge < -0.3 is 14.3 Å². The maximum Gasteiger partial charge on any atom is 0.573 e. The summed E-state index contributed by atoms with van der Waals surface area (Å²) in [5, 5.41) is 9.42. The lowest BCUT2D eigenvalue weighted by atomic mass is 10.1. The van der Waals surface area contributed by atoms with Crippen molar-refractivity contribution < 1.29 is 27.4 Å². The van der Waals surface area contributed by atoms with Gasteiger partial charge >= 0.3 is 12.1 Å². The molecule has 8 heteroatoms. The van der Waals surface area contributed by atoms with Crippen molar-refractivity contribution >= 4 is 11.1 Å². The van der Waals surface area contributed by atoms with E-state index in [1.807, 2.05) is 0 Å². The molecule has 0 fully saturated rings. The second kappa shape index (κ2) is 6.87. The van der Waals surface area contributed by atoms with Gasteiger partial charge in [-0.25, -0.2) is 4.79 Å². The summed E-state index contributed by atoms with van der Waals surface area (Å²) < 4.78 is 47.2. The summed E-state index contributed by atoms with van der Waals surface area (Å²) in [6, 6.07) is 10.5.